The van der Waals surface area contributed by atoms with Crippen LogP contribution < -0.4 is 10.6 Å². The first-order chi connectivity index (χ1) is 16.0. The fourth-order valence-electron chi connectivity index (χ4n) is 4.05. The van der Waals surface area contributed by atoms with Gasteiger partial charge in [-0.2, -0.15) is 0 Å². The number of benzene rings is 2. The van der Waals surface area contributed by atoms with Crippen LogP contribution in [0.15, 0.2) is 66.9 Å². The minimum Gasteiger partial charge on any atom is -0.385 e. The zero-order valence-corrected chi connectivity index (χ0v) is 20.5. The maximum atomic E-state index is 12.7. The van der Waals surface area contributed by atoms with Gasteiger partial charge in [0.05, 0.1) is 0 Å². The summed E-state index contributed by atoms with van der Waals surface area (Å²) in [5.74, 6) is 0. The first kappa shape index (κ1) is 24.8. The van der Waals surface area contributed by atoms with E-state index in [-0.39, 0.29) is 12.1 Å². The van der Waals surface area contributed by atoms with Crippen molar-refractivity contribution in [3.05, 3.63) is 66.9 Å². The van der Waals surface area contributed by atoms with Gasteiger partial charge in [-0.25, -0.2) is 4.79 Å². The number of piperidine rings is 1. The Morgan fingerprint density at radius 3 is 2.12 bits per heavy atom. The fourth-order valence-corrected chi connectivity index (χ4v) is 4.05. The lowest BCUT2D eigenvalue weighted by molar-refractivity contribution is 0.146. The first-order valence-electron chi connectivity index (χ1n) is 12.4. The zero-order valence-electron chi connectivity index (χ0n) is 20.5. The van der Waals surface area contributed by atoms with Crippen molar-refractivity contribution in [3.8, 4) is 11.1 Å². The Kier molecular flexibility index (Phi) is 9.37. The molecule has 0 spiro atoms. The number of nitrogens with zero attached hydrogens (tertiary/aromatic N) is 2. The van der Waals surface area contributed by atoms with Crippen molar-refractivity contribution in [2.24, 2.45) is 0 Å². The van der Waals surface area contributed by atoms with E-state index in [4.69, 9.17) is 0 Å². The summed E-state index contributed by atoms with van der Waals surface area (Å²) in [6, 6.07) is 19.2. The molecule has 1 aliphatic heterocycles. The molecular formula is C28H40N4O. The largest absolute Gasteiger partial charge is 0.385 e. The molecule has 1 aliphatic carbocycles. The van der Waals surface area contributed by atoms with E-state index in [0.29, 0.717) is 6.04 Å². The van der Waals surface area contributed by atoms with E-state index in [2.05, 4.69) is 48.1 Å². The van der Waals surface area contributed by atoms with Gasteiger partial charge in [0.1, 0.15) is 0 Å². The highest BCUT2D eigenvalue weighted by atomic mass is 16.2. The summed E-state index contributed by atoms with van der Waals surface area (Å²) in [5, 5.41) is 6.52. The highest BCUT2D eigenvalue weighted by Gasteiger charge is 2.27. The highest BCUT2D eigenvalue weighted by Crippen LogP contribution is 2.23. The molecule has 0 unspecified atom stereocenters. The molecule has 0 bridgehead atoms. The summed E-state index contributed by atoms with van der Waals surface area (Å²) in [6.07, 6.45) is 5.78. The van der Waals surface area contributed by atoms with E-state index >= 15 is 0 Å². The van der Waals surface area contributed by atoms with Gasteiger partial charge in [-0.05, 0) is 48.9 Å². The van der Waals surface area contributed by atoms with Gasteiger partial charge >= 0.3 is 6.03 Å². The van der Waals surface area contributed by atoms with Gasteiger partial charge in [0, 0.05) is 50.2 Å². The second kappa shape index (κ2) is 12.4. The summed E-state index contributed by atoms with van der Waals surface area (Å²) in [7, 11) is 1.90. The van der Waals surface area contributed by atoms with Crippen LogP contribution in [-0.4, -0.2) is 54.6 Å². The van der Waals surface area contributed by atoms with Gasteiger partial charge in [-0.3, -0.25) is 4.90 Å². The molecule has 0 atom stereocenters. The predicted molar refractivity (Wildman–Crippen MR) is 139 cm³/mol. The molecule has 4 rings (SSSR count). The maximum Gasteiger partial charge on any atom is 0.321 e. The molecule has 33 heavy (non-hydrogen) atoms. The van der Waals surface area contributed by atoms with Crippen molar-refractivity contribution in [3.63, 3.8) is 0 Å². The summed E-state index contributed by atoms with van der Waals surface area (Å²) in [5.41, 5.74) is 4.27. The lowest BCUT2D eigenvalue weighted by Crippen LogP contribution is -2.47. The van der Waals surface area contributed by atoms with Crippen molar-refractivity contribution >= 4 is 11.7 Å². The molecule has 178 valence electrons. The van der Waals surface area contributed by atoms with E-state index in [0.717, 1.165) is 49.4 Å². The molecule has 1 saturated carbocycles. The van der Waals surface area contributed by atoms with E-state index in [9.17, 15) is 4.79 Å². The third-order valence-corrected chi connectivity index (χ3v) is 6.07. The molecule has 2 aromatic rings. The lowest BCUT2D eigenvalue weighted by atomic mass is 10.0. The maximum absolute atomic E-state index is 12.7. The van der Waals surface area contributed by atoms with Crippen LogP contribution in [0.3, 0.4) is 0 Å². The number of rotatable bonds is 7. The Hall–Kier alpha value is -2.79. The summed E-state index contributed by atoms with van der Waals surface area (Å²) < 4.78 is 0. The van der Waals surface area contributed by atoms with Crippen LogP contribution in [0.5, 0.6) is 0 Å². The molecule has 2 aromatic carbocycles. The molecular weight excluding hydrogens is 408 g/mol. The number of carbonyl (C=O) groups excluding carboxylic acids is 1. The topological polar surface area (TPSA) is 47.6 Å². The predicted octanol–water partition coefficient (Wildman–Crippen LogP) is 5.96. The van der Waals surface area contributed by atoms with E-state index < -0.39 is 0 Å². The molecule has 1 saturated heterocycles. The van der Waals surface area contributed by atoms with Gasteiger partial charge in [0.15, 0.2) is 0 Å². The second-order valence-corrected chi connectivity index (χ2v) is 9.22. The average molecular weight is 449 g/mol. The van der Waals surface area contributed by atoms with Gasteiger partial charge < -0.3 is 15.5 Å². The van der Waals surface area contributed by atoms with Gasteiger partial charge in [-0.15, -0.1) is 0 Å². The second-order valence-electron chi connectivity index (χ2n) is 9.22. The molecule has 2 aliphatic rings. The smallest absolute Gasteiger partial charge is 0.321 e. The van der Waals surface area contributed by atoms with Crippen molar-refractivity contribution in [2.75, 3.05) is 32.0 Å². The monoisotopic (exact) mass is 448 g/mol. The minimum absolute atomic E-state index is 0.0410. The van der Waals surface area contributed by atoms with Crippen molar-refractivity contribution in [2.45, 2.75) is 58.0 Å². The Labute approximate surface area is 199 Å². The fraction of sp³-hybridized carbons (Fsp3) is 0.464. The average Bonchev–Trinajstić information content (AvgIpc) is 3.64. The van der Waals surface area contributed by atoms with Crippen LogP contribution in [0.2, 0.25) is 0 Å². The molecule has 1 heterocycles. The lowest BCUT2D eigenvalue weighted by Gasteiger charge is -2.37. The third kappa shape index (κ3) is 7.93. The minimum atomic E-state index is -0.0410. The van der Waals surface area contributed by atoms with E-state index in [1.807, 2.05) is 54.4 Å². The van der Waals surface area contributed by atoms with Crippen molar-refractivity contribution < 1.29 is 4.79 Å². The van der Waals surface area contributed by atoms with E-state index in [1.54, 1.807) is 0 Å². The zero-order chi connectivity index (χ0) is 23.6. The summed E-state index contributed by atoms with van der Waals surface area (Å²) in [6.45, 7) is 11.3. The Morgan fingerprint density at radius 1 is 0.970 bits per heavy atom. The van der Waals surface area contributed by atoms with Crippen molar-refractivity contribution in [1.29, 1.82) is 0 Å². The SMILES string of the molecule is C=C(CN1CCC(N(C)C(=O)Nc2ccc(-c3ccccc3)cc2)CC1)NC1CC1.CCC. The highest BCUT2D eigenvalue weighted by molar-refractivity contribution is 5.89. The molecule has 2 N–H and O–H groups in total. The van der Waals surface area contributed by atoms with Gasteiger partial charge in [-0.1, -0.05) is 69.3 Å². The van der Waals surface area contributed by atoms with Crippen LogP contribution >= 0.6 is 0 Å². The van der Waals surface area contributed by atoms with Crippen LogP contribution in [0.25, 0.3) is 11.1 Å². The van der Waals surface area contributed by atoms with Crippen molar-refractivity contribution in [1.82, 2.24) is 15.1 Å². The summed E-state index contributed by atoms with van der Waals surface area (Å²) >= 11 is 0. The molecule has 2 fully saturated rings. The van der Waals surface area contributed by atoms with Crippen LogP contribution in [-0.2, 0) is 0 Å². The van der Waals surface area contributed by atoms with Crippen LogP contribution in [0.4, 0.5) is 10.5 Å². The standard InChI is InChI=1S/C25H32N4O.C3H8/c1-19(26-22-12-13-22)18-29-16-14-24(15-17-29)28(2)25(30)27-23-10-8-21(9-11-23)20-6-4-3-5-7-20;1-3-2/h3-11,22,24,26H,1,12-18H2,2H3,(H,27,30);3H2,1-2H3. The number of hydrogen-bond acceptors (Lipinski definition) is 3. The Morgan fingerprint density at radius 2 is 1.55 bits per heavy atom. The number of amides is 2. The number of nitrogens with one attached hydrogen (secondary N) is 2. The quantitative estimate of drug-likeness (QED) is 0.549. The number of urea groups is 1. The van der Waals surface area contributed by atoms with Crippen LogP contribution in [0.1, 0.15) is 46.0 Å². The Bertz CT molecular complexity index is 869. The third-order valence-electron chi connectivity index (χ3n) is 6.07. The molecule has 2 amide bonds. The van der Waals surface area contributed by atoms with Gasteiger partial charge in [0.2, 0.25) is 0 Å². The van der Waals surface area contributed by atoms with Gasteiger partial charge in [0.25, 0.3) is 0 Å². The molecule has 5 nitrogen and oxygen atoms in total. The molecule has 0 aromatic heterocycles. The van der Waals surface area contributed by atoms with Crippen LogP contribution in [0, 0.1) is 0 Å². The number of likely N-dealkylation sites (tertiary alicyclic amines) is 1. The normalized spacial score (nSPS) is 16.3. The molecule has 5 heteroatoms. The number of hydrogen-bond donors (Lipinski definition) is 2. The number of anilines is 1. The first-order valence-corrected chi connectivity index (χ1v) is 12.4. The Balaban J connectivity index is 0.000000968. The van der Waals surface area contributed by atoms with E-state index in [1.165, 1.54) is 24.8 Å². The summed E-state index contributed by atoms with van der Waals surface area (Å²) in [4.78, 5) is 17.0. The molecule has 0 radical (unpaired) electrons. The number of carbonyl (C=O) groups is 1.